The van der Waals surface area contributed by atoms with Crippen LogP contribution in [0.4, 0.5) is 0 Å². The van der Waals surface area contributed by atoms with Gasteiger partial charge in [0.1, 0.15) is 0 Å². The van der Waals surface area contributed by atoms with Crippen molar-refractivity contribution in [1.29, 1.82) is 0 Å². The monoisotopic (exact) mass is 299 g/mol. The molecule has 0 aliphatic rings. The Labute approximate surface area is 138 Å². The molecular weight excluding hydrogens is 278 g/mol. The minimum Gasteiger partial charge on any atom is -0.260 e. The van der Waals surface area contributed by atoms with Crippen LogP contribution in [-0.2, 0) is 0 Å². The Morgan fingerprint density at radius 3 is 2.13 bits per heavy atom. The zero-order valence-corrected chi connectivity index (χ0v) is 13.4. The predicted octanol–water partition coefficient (Wildman–Crippen LogP) is 6.08. The molecule has 0 aromatic heterocycles. The highest BCUT2D eigenvalue weighted by Gasteiger charge is 2.05. The van der Waals surface area contributed by atoms with E-state index in [0.717, 1.165) is 16.8 Å². The van der Waals surface area contributed by atoms with E-state index in [2.05, 4.69) is 54.5 Å². The molecule has 1 heteroatoms. The molecule has 2 aromatic rings. The fraction of sp³-hybridized carbons (Fsp3) is 0.0455. The lowest BCUT2D eigenvalue weighted by atomic mass is 10.0. The van der Waals surface area contributed by atoms with E-state index in [1.54, 1.807) is 12.3 Å². The maximum atomic E-state index is 4.52. The molecule has 2 rings (SSSR count). The van der Waals surface area contributed by atoms with Crippen molar-refractivity contribution in [3.8, 4) is 11.1 Å². The third kappa shape index (κ3) is 4.27. The summed E-state index contributed by atoms with van der Waals surface area (Å²) in [5.74, 6) is 0. The van der Waals surface area contributed by atoms with Crippen molar-refractivity contribution in [2.24, 2.45) is 4.99 Å². The lowest BCUT2D eigenvalue weighted by molar-refractivity contribution is 1.47. The Morgan fingerprint density at radius 1 is 0.913 bits per heavy atom. The van der Waals surface area contributed by atoms with Crippen molar-refractivity contribution < 1.29 is 0 Å². The fourth-order valence-corrected chi connectivity index (χ4v) is 2.31. The molecule has 0 unspecified atom stereocenters. The first-order chi connectivity index (χ1) is 11.3. The molecule has 0 aliphatic carbocycles. The topological polar surface area (TPSA) is 12.4 Å². The molecule has 0 saturated heterocycles. The molecule has 0 atom stereocenters. The lowest BCUT2D eigenvalue weighted by Gasteiger charge is -2.08. The second kappa shape index (κ2) is 8.50. The molecule has 0 amide bonds. The number of hydrogen-bond acceptors (Lipinski definition) is 1. The van der Waals surface area contributed by atoms with Gasteiger partial charge in [-0.25, -0.2) is 0 Å². The van der Waals surface area contributed by atoms with Crippen molar-refractivity contribution in [1.82, 2.24) is 0 Å². The van der Waals surface area contributed by atoms with E-state index in [1.807, 2.05) is 43.4 Å². The Hall–Kier alpha value is -2.93. The summed E-state index contributed by atoms with van der Waals surface area (Å²) in [6, 6.07) is 18.8. The summed E-state index contributed by atoms with van der Waals surface area (Å²) in [5.41, 5.74) is 5.33. The summed E-state index contributed by atoms with van der Waals surface area (Å²) in [7, 11) is 0. The maximum Gasteiger partial charge on any atom is 0.0769 e. The van der Waals surface area contributed by atoms with E-state index in [1.165, 1.54) is 11.1 Å². The molecule has 2 aromatic carbocycles. The van der Waals surface area contributed by atoms with Gasteiger partial charge in [0, 0.05) is 17.4 Å². The van der Waals surface area contributed by atoms with Crippen molar-refractivity contribution in [2.45, 2.75) is 6.92 Å². The average Bonchev–Trinajstić information content (AvgIpc) is 2.62. The maximum absolute atomic E-state index is 4.52. The van der Waals surface area contributed by atoms with Crippen LogP contribution in [0, 0.1) is 0 Å². The molecule has 0 saturated carbocycles. The molecule has 0 bridgehead atoms. The number of aliphatic imine (C=N–C) groups is 1. The van der Waals surface area contributed by atoms with E-state index in [9.17, 15) is 0 Å². The number of rotatable bonds is 6. The Balaban J connectivity index is 2.45. The summed E-state index contributed by atoms with van der Waals surface area (Å²) in [6.07, 6.45) is 9.21. The first kappa shape index (κ1) is 16.4. The van der Waals surface area contributed by atoms with Gasteiger partial charge in [-0.3, -0.25) is 4.99 Å². The van der Waals surface area contributed by atoms with E-state index in [-0.39, 0.29) is 0 Å². The van der Waals surface area contributed by atoms with Crippen molar-refractivity contribution >= 4 is 11.9 Å². The summed E-state index contributed by atoms with van der Waals surface area (Å²) >= 11 is 0. The van der Waals surface area contributed by atoms with Gasteiger partial charge in [-0.2, -0.15) is 0 Å². The van der Waals surface area contributed by atoms with Crippen LogP contribution in [0.2, 0.25) is 0 Å². The Morgan fingerprint density at radius 2 is 1.57 bits per heavy atom. The molecule has 23 heavy (non-hydrogen) atoms. The largest absolute Gasteiger partial charge is 0.260 e. The fourth-order valence-electron chi connectivity index (χ4n) is 2.31. The second-order valence-electron chi connectivity index (χ2n) is 4.93. The summed E-state index contributed by atoms with van der Waals surface area (Å²) in [4.78, 5) is 4.52. The van der Waals surface area contributed by atoms with Crippen LogP contribution in [0.25, 0.3) is 16.8 Å². The lowest BCUT2D eigenvalue weighted by Crippen LogP contribution is -1.87. The van der Waals surface area contributed by atoms with E-state index in [4.69, 9.17) is 0 Å². The smallest absolute Gasteiger partial charge is 0.0769 e. The number of hydrogen-bond donors (Lipinski definition) is 0. The second-order valence-corrected chi connectivity index (χ2v) is 4.93. The highest BCUT2D eigenvalue weighted by atomic mass is 14.7. The van der Waals surface area contributed by atoms with Gasteiger partial charge in [0.25, 0.3) is 0 Å². The average molecular weight is 299 g/mol. The van der Waals surface area contributed by atoms with E-state index < -0.39 is 0 Å². The van der Waals surface area contributed by atoms with Crippen molar-refractivity contribution in [3.63, 3.8) is 0 Å². The molecule has 0 spiro atoms. The van der Waals surface area contributed by atoms with Gasteiger partial charge in [-0.1, -0.05) is 92.1 Å². The van der Waals surface area contributed by atoms with Crippen LogP contribution in [0.3, 0.4) is 0 Å². The standard InChI is InChI=1S/C22H21N/c1-4-7-11-18(5-2)22(23-6-3)21-16-14-20(15-17-21)19-12-9-8-10-13-19/h4-17H,1-2H2,3H3/b11-7-,22-18+,23-6+. The van der Waals surface area contributed by atoms with Crippen LogP contribution in [0.5, 0.6) is 0 Å². The molecule has 0 radical (unpaired) electrons. The van der Waals surface area contributed by atoms with E-state index in [0.29, 0.717) is 0 Å². The molecule has 0 N–H and O–H groups in total. The third-order valence-corrected chi connectivity index (χ3v) is 3.43. The van der Waals surface area contributed by atoms with Gasteiger partial charge >= 0.3 is 0 Å². The number of nitrogens with zero attached hydrogens (tertiary/aromatic N) is 1. The normalized spacial score (nSPS) is 12.4. The van der Waals surface area contributed by atoms with Gasteiger partial charge in [0.05, 0.1) is 5.70 Å². The molecule has 0 heterocycles. The van der Waals surface area contributed by atoms with Crippen LogP contribution >= 0.6 is 0 Å². The highest BCUT2D eigenvalue weighted by Crippen LogP contribution is 2.25. The molecule has 0 fully saturated rings. The van der Waals surface area contributed by atoms with Crippen LogP contribution in [-0.4, -0.2) is 6.21 Å². The quantitative estimate of drug-likeness (QED) is 0.452. The number of allylic oxidation sites excluding steroid dienone is 5. The van der Waals surface area contributed by atoms with Crippen molar-refractivity contribution in [3.05, 3.63) is 103 Å². The van der Waals surface area contributed by atoms with Crippen LogP contribution in [0.1, 0.15) is 12.5 Å². The summed E-state index contributed by atoms with van der Waals surface area (Å²) in [6.45, 7) is 9.51. The third-order valence-electron chi connectivity index (χ3n) is 3.43. The predicted molar refractivity (Wildman–Crippen MR) is 102 cm³/mol. The Bertz CT molecular complexity index is 744. The SMILES string of the molecule is C=C\C=C/C(C=C)=C(/N=C/C)c1ccc(-c2ccccc2)cc1. The minimum absolute atomic E-state index is 0.903. The van der Waals surface area contributed by atoms with Gasteiger partial charge in [-0.05, 0) is 18.1 Å². The summed E-state index contributed by atoms with van der Waals surface area (Å²) < 4.78 is 0. The van der Waals surface area contributed by atoms with Gasteiger partial charge in [-0.15, -0.1) is 0 Å². The first-order valence-corrected chi connectivity index (χ1v) is 7.60. The molecular formula is C22H21N. The summed E-state index contributed by atoms with van der Waals surface area (Å²) in [5, 5.41) is 0. The van der Waals surface area contributed by atoms with Gasteiger partial charge in [0.2, 0.25) is 0 Å². The Kier molecular flexibility index (Phi) is 6.07. The van der Waals surface area contributed by atoms with E-state index >= 15 is 0 Å². The van der Waals surface area contributed by atoms with Gasteiger partial charge in [0.15, 0.2) is 0 Å². The molecule has 114 valence electrons. The minimum atomic E-state index is 0.903. The first-order valence-electron chi connectivity index (χ1n) is 7.60. The zero-order valence-electron chi connectivity index (χ0n) is 13.4. The molecule has 0 aliphatic heterocycles. The van der Waals surface area contributed by atoms with Gasteiger partial charge < -0.3 is 0 Å². The molecule has 1 nitrogen and oxygen atoms in total. The van der Waals surface area contributed by atoms with Crippen LogP contribution in [0.15, 0.2) is 103 Å². The van der Waals surface area contributed by atoms with Crippen molar-refractivity contribution in [2.75, 3.05) is 0 Å². The number of benzene rings is 2. The van der Waals surface area contributed by atoms with Crippen LogP contribution < -0.4 is 0 Å². The highest BCUT2D eigenvalue weighted by molar-refractivity contribution is 5.79. The zero-order chi connectivity index (χ0) is 16.5.